The van der Waals surface area contributed by atoms with Crippen LogP contribution in [0.1, 0.15) is 0 Å². The molecule has 0 aliphatic heterocycles. The maximum absolute atomic E-state index is 13.0. The summed E-state index contributed by atoms with van der Waals surface area (Å²) >= 11 is 11.5. The summed E-state index contributed by atoms with van der Waals surface area (Å²) in [4.78, 5) is 0. The van der Waals surface area contributed by atoms with Crippen LogP contribution in [0.4, 0.5) is 10.3 Å². The van der Waals surface area contributed by atoms with Crippen molar-refractivity contribution in [3.8, 4) is 11.1 Å². The third-order valence-corrected chi connectivity index (χ3v) is 2.50. The number of benzene rings is 1. The molecule has 0 atom stereocenters. The number of nitrogens with two attached hydrogens (primary N) is 1. The summed E-state index contributed by atoms with van der Waals surface area (Å²) in [5.41, 5.74) is 6.48. The zero-order valence-corrected chi connectivity index (χ0v) is 8.81. The fraction of sp³-hybridized carbons (Fsp3) is 0. The largest absolute Gasteiger partial charge is 0.367 e. The minimum Gasteiger partial charge on any atom is -0.367 e. The highest BCUT2D eigenvalue weighted by molar-refractivity contribution is 6.35. The van der Waals surface area contributed by atoms with Crippen LogP contribution in [0.15, 0.2) is 22.9 Å². The summed E-state index contributed by atoms with van der Waals surface area (Å²) in [5.74, 6) is -0.472. The molecule has 1 aromatic heterocycles. The van der Waals surface area contributed by atoms with E-state index < -0.39 is 5.82 Å². The first-order valence-electron chi connectivity index (χ1n) is 3.94. The number of nitrogens with zero attached hydrogens (tertiary/aromatic N) is 1. The molecule has 0 amide bonds. The van der Waals surface area contributed by atoms with Crippen LogP contribution < -0.4 is 5.73 Å². The van der Waals surface area contributed by atoms with Gasteiger partial charge in [0.25, 0.3) is 0 Å². The highest BCUT2D eigenvalue weighted by Crippen LogP contribution is 2.35. The van der Waals surface area contributed by atoms with E-state index in [1.165, 1.54) is 12.3 Å². The van der Waals surface area contributed by atoms with E-state index in [0.717, 1.165) is 6.07 Å². The van der Waals surface area contributed by atoms with Crippen molar-refractivity contribution in [3.05, 3.63) is 34.2 Å². The van der Waals surface area contributed by atoms with Gasteiger partial charge in [-0.2, -0.15) is 0 Å². The Kier molecular flexibility index (Phi) is 2.54. The number of nitrogen functional groups attached to an aromatic ring is 1. The smallest absolute Gasteiger partial charge is 0.230 e. The van der Waals surface area contributed by atoms with Gasteiger partial charge in [0.15, 0.2) is 0 Å². The monoisotopic (exact) mass is 246 g/mol. The Hall–Kier alpha value is -1.26. The zero-order chi connectivity index (χ0) is 11.0. The molecule has 1 aromatic carbocycles. The Bertz CT molecular complexity index is 513. The Labute approximate surface area is 94.6 Å². The van der Waals surface area contributed by atoms with Gasteiger partial charge in [0, 0.05) is 5.56 Å². The molecule has 2 aromatic rings. The van der Waals surface area contributed by atoms with Crippen LogP contribution in [0.25, 0.3) is 11.1 Å². The summed E-state index contributed by atoms with van der Waals surface area (Å²) in [6.45, 7) is 0. The third-order valence-electron chi connectivity index (χ3n) is 1.90. The molecular formula is C9H5Cl2FN2O. The molecule has 0 saturated heterocycles. The predicted molar refractivity (Wildman–Crippen MR) is 56.3 cm³/mol. The van der Waals surface area contributed by atoms with Crippen molar-refractivity contribution < 1.29 is 8.91 Å². The highest BCUT2D eigenvalue weighted by Gasteiger charge is 2.13. The predicted octanol–water partition coefficient (Wildman–Crippen LogP) is 3.37. The average Bonchev–Trinajstić information content (AvgIpc) is 2.58. The number of halogens is 3. The quantitative estimate of drug-likeness (QED) is 0.786. The van der Waals surface area contributed by atoms with Crippen LogP contribution in [-0.4, -0.2) is 5.16 Å². The third kappa shape index (κ3) is 1.78. The second-order valence-electron chi connectivity index (χ2n) is 2.85. The van der Waals surface area contributed by atoms with E-state index in [9.17, 15) is 4.39 Å². The molecule has 0 aliphatic rings. The average molecular weight is 247 g/mol. The van der Waals surface area contributed by atoms with Gasteiger partial charge in [-0.1, -0.05) is 28.4 Å². The van der Waals surface area contributed by atoms with Crippen molar-refractivity contribution >= 4 is 29.1 Å². The van der Waals surface area contributed by atoms with Crippen LogP contribution in [-0.2, 0) is 0 Å². The molecule has 2 N–H and O–H groups in total. The van der Waals surface area contributed by atoms with Crippen LogP contribution >= 0.6 is 23.2 Å². The molecule has 0 unspecified atom stereocenters. The van der Waals surface area contributed by atoms with Crippen LogP contribution in [0, 0.1) is 5.82 Å². The Morgan fingerprint density at radius 2 is 1.93 bits per heavy atom. The molecule has 0 fully saturated rings. The van der Waals surface area contributed by atoms with E-state index in [1.807, 2.05) is 0 Å². The Balaban J connectivity index is 2.64. The maximum Gasteiger partial charge on any atom is 0.230 e. The fourth-order valence-corrected chi connectivity index (χ4v) is 1.60. The van der Waals surface area contributed by atoms with E-state index in [1.54, 1.807) is 0 Å². The molecule has 0 bridgehead atoms. The number of aromatic nitrogens is 1. The molecular weight excluding hydrogens is 242 g/mol. The molecule has 15 heavy (non-hydrogen) atoms. The lowest BCUT2D eigenvalue weighted by atomic mass is 10.1. The number of hydrogen-bond acceptors (Lipinski definition) is 3. The summed E-state index contributed by atoms with van der Waals surface area (Å²) in [7, 11) is 0. The first-order chi connectivity index (χ1) is 7.09. The van der Waals surface area contributed by atoms with Gasteiger partial charge >= 0.3 is 0 Å². The number of hydrogen-bond donors (Lipinski definition) is 1. The summed E-state index contributed by atoms with van der Waals surface area (Å²) < 4.78 is 17.7. The van der Waals surface area contributed by atoms with Crippen molar-refractivity contribution in [3.63, 3.8) is 0 Å². The standard InChI is InChI=1S/C9H5Cl2FN2O/c10-6-2-8(12)7(11)1-4(6)5-3-14-15-9(5)13/h1-3H,13H2. The Morgan fingerprint density at radius 1 is 1.20 bits per heavy atom. The molecule has 0 aliphatic carbocycles. The minimum atomic E-state index is -0.583. The second-order valence-corrected chi connectivity index (χ2v) is 3.66. The molecule has 1 heterocycles. The second kappa shape index (κ2) is 3.72. The zero-order valence-electron chi connectivity index (χ0n) is 7.30. The Morgan fingerprint density at radius 3 is 2.53 bits per heavy atom. The van der Waals surface area contributed by atoms with Gasteiger partial charge < -0.3 is 10.3 Å². The summed E-state index contributed by atoms with van der Waals surface area (Å²) in [6.07, 6.45) is 1.39. The van der Waals surface area contributed by atoms with Crippen molar-refractivity contribution in [1.82, 2.24) is 5.16 Å². The molecule has 0 radical (unpaired) electrons. The van der Waals surface area contributed by atoms with Gasteiger partial charge in [-0.3, -0.25) is 0 Å². The first kappa shape index (κ1) is 10.3. The maximum atomic E-state index is 13.0. The normalized spacial score (nSPS) is 10.6. The number of anilines is 1. The van der Waals surface area contributed by atoms with Gasteiger partial charge in [-0.25, -0.2) is 4.39 Å². The molecule has 2 rings (SSSR count). The lowest BCUT2D eigenvalue weighted by Gasteiger charge is -2.03. The van der Waals surface area contributed by atoms with Crippen molar-refractivity contribution in [2.75, 3.05) is 5.73 Å². The van der Waals surface area contributed by atoms with Gasteiger partial charge in [0.2, 0.25) is 5.88 Å². The van der Waals surface area contributed by atoms with Gasteiger partial charge in [0.1, 0.15) is 5.82 Å². The van der Waals surface area contributed by atoms with Gasteiger partial charge in [0.05, 0.1) is 21.8 Å². The van der Waals surface area contributed by atoms with Gasteiger partial charge in [-0.15, -0.1) is 0 Å². The van der Waals surface area contributed by atoms with Crippen molar-refractivity contribution in [1.29, 1.82) is 0 Å². The fourth-order valence-electron chi connectivity index (χ4n) is 1.18. The molecule has 6 heteroatoms. The van der Waals surface area contributed by atoms with E-state index >= 15 is 0 Å². The topological polar surface area (TPSA) is 52.0 Å². The van der Waals surface area contributed by atoms with Crippen LogP contribution in [0.2, 0.25) is 10.0 Å². The van der Waals surface area contributed by atoms with E-state index in [0.29, 0.717) is 11.1 Å². The van der Waals surface area contributed by atoms with Crippen molar-refractivity contribution in [2.45, 2.75) is 0 Å². The minimum absolute atomic E-state index is 0.0324. The van der Waals surface area contributed by atoms with Gasteiger partial charge in [-0.05, 0) is 12.1 Å². The molecule has 0 spiro atoms. The highest BCUT2D eigenvalue weighted by atomic mass is 35.5. The van der Waals surface area contributed by atoms with E-state index in [2.05, 4.69) is 9.68 Å². The van der Waals surface area contributed by atoms with Crippen molar-refractivity contribution in [2.24, 2.45) is 0 Å². The molecule has 0 saturated carbocycles. The summed E-state index contributed by atoms with van der Waals surface area (Å²) in [5, 5.41) is 3.66. The summed E-state index contributed by atoms with van der Waals surface area (Å²) in [6, 6.07) is 2.49. The van der Waals surface area contributed by atoms with Crippen LogP contribution in [0.5, 0.6) is 0 Å². The SMILES string of the molecule is Nc1oncc1-c1cc(Cl)c(F)cc1Cl. The van der Waals surface area contributed by atoms with E-state index in [4.69, 9.17) is 28.9 Å². The van der Waals surface area contributed by atoms with E-state index in [-0.39, 0.29) is 15.9 Å². The van der Waals surface area contributed by atoms with Crippen LogP contribution in [0.3, 0.4) is 0 Å². The lowest BCUT2D eigenvalue weighted by Crippen LogP contribution is -1.87. The first-order valence-corrected chi connectivity index (χ1v) is 4.70. The molecule has 78 valence electrons. The number of rotatable bonds is 1. The lowest BCUT2D eigenvalue weighted by molar-refractivity contribution is 0.436. The molecule has 3 nitrogen and oxygen atoms in total.